The average Bonchev–Trinajstić information content (AvgIpc) is 3.11. The molecule has 6 nitrogen and oxygen atoms in total. The van der Waals surface area contributed by atoms with Crippen molar-refractivity contribution in [2.24, 2.45) is 0 Å². The minimum atomic E-state index is -0.750. The number of hydrogen-bond acceptors (Lipinski definition) is 5. The van der Waals surface area contributed by atoms with E-state index in [1.165, 1.54) is 12.0 Å². The maximum Gasteiger partial charge on any atom is 0.295 e. The number of likely N-dealkylation sites (tertiary alicyclic amines) is 1. The highest BCUT2D eigenvalue weighted by molar-refractivity contribution is 6.46. The third kappa shape index (κ3) is 5.39. The van der Waals surface area contributed by atoms with E-state index in [0.717, 1.165) is 11.1 Å². The van der Waals surface area contributed by atoms with Crippen LogP contribution < -0.4 is 4.74 Å². The summed E-state index contributed by atoms with van der Waals surface area (Å²) in [5.74, 6) is -1.04. The maximum atomic E-state index is 13.0. The first-order valence-electron chi connectivity index (χ1n) is 11.2. The van der Waals surface area contributed by atoms with Gasteiger partial charge in [0.1, 0.15) is 18.1 Å². The Hall–Kier alpha value is -3.61. The Morgan fingerprint density at radius 1 is 1.03 bits per heavy atom. The Morgan fingerprint density at radius 2 is 1.74 bits per heavy atom. The van der Waals surface area contributed by atoms with Crippen LogP contribution in [0.25, 0.3) is 5.76 Å². The number of aliphatic hydroxyl groups is 1. The maximum absolute atomic E-state index is 13.0. The van der Waals surface area contributed by atoms with E-state index in [-0.39, 0.29) is 24.5 Å². The van der Waals surface area contributed by atoms with Crippen LogP contribution in [0.2, 0.25) is 5.02 Å². The second-order valence-electron chi connectivity index (χ2n) is 8.34. The zero-order valence-corrected chi connectivity index (χ0v) is 20.3. The van der Waals surface area contributed by atoms with Gasteiger partial charge in [0.15, 0.2) is 0 Å². The third-order valence-electron chi connectivity index (χ3n) is 5.88. The standard InChI is InChI=1S/C28H26ClNO5/c1-18-4-3-5-19(16-18)17-35-23-12-8-21(9-13-23)26(31)24-25(20-6-10-22(29)11-7-20)30(14-15-34-2)28(33)27(24)32/h3-13,16,25,31H,14-15,17H2,1-2H3/b26-24+. The number of hydrogen-bond donors (Lipinski definition) is 1. The molecule has 1 amide bonds. The van der Waals surface area contributed by atoms with Gasteiger partial charge in [0, 0.05) is 24.2 Å². The van der Waals surface area contributed by atoms with E-state index in [0.29, 0.717) is 28.5 Å². The highest BCUT2D eigenvalue weighted by atomic mass is 35.5. The first kappa shape index (κ1) is 24.5. The molecule has 0 saturated carbocycles. The van der Waals surface area contributed by atoms with Crippen LogP contribution in [0.1, 0.15) is 28.3 Å². The first-order chi connectivity index (χ1) is 16.9. The molecule has 1 fully saturated rings. The zero-order valence-electron chi connectivity index (χ0n) is 19.5. The number of aliphatic hydroxyl groups excluding tert-OH is 1. The van der Waals surface area contributed by atoms with Crippen LogP contribution in [0.5, 0.6) is 5.75 Å². The van der Waals surface area contributed by atoms with Crippen LogP contribution in [-0.2, 0) is 20.9 Å². The van der Waals surface area contributed by atoms with E-state index in [2.05, 4.69) is 6.07 Å². The van der Waals surface area contributed by atoms with Crippen LogP contribution in [0.4, 0.5) is 0 Å². The molecule has 1 heterocycles. The Labute approximate surface area is 209 Å². The van der Waals surface area contributed by atoms with Gasteiger partial charge >= 0.3 is 0 Å². The number of benzene rings is 3. The summed E-state index contributed by atoms with van der Waals surface area (Å²) in [6.45, 7) is 2.90. The second-order valence-corrected chi connectivity index (χ2v) is 8.78. The van der Waals surface area contributed by atoms with Gasteiger partial charge < -0.3 is 19.5 Å². The van der Waals surface area contributed by atoms with Crippen LogP contribution >= 0.6 is 11.6 Å². The molecule has 0 bridgehead atoms. The monoisotopic (exact) mass is 491 g/mol. The molecule has 1 aliphatic heterocycles. The minimum Gasteiger partial charge on any atom is -0.507 e. The molecule has 1 aliphatic rings. The number of Topliss-reactive ketones (excluding diaryl/α,β-unsaturated/α-hetero) is 1. The van der Waals surface area contributed by atoms with Gasteiger partial charge in [-0.3, -0.25) is 9.59 Å². The zero-order chi connectivity index (χ0) is 24.9. The van der Waals surface area contributed by atoms with Crippen molar-refractivity contribution < 1.29 is 24.2 Å². The molecule has 0 aliphatic carbocycles. The number of ketones is 1. The average molecular weight is 492 g/mol. The molecule has 1 N–H and O–H groups in total. The van der Waals surface area contributed by atoms with Crippen molar-refractivity contribution in [3.8, 4) is 5.75 Å². The molecule has 0 radical (unpaired) electrons. The Morgan fingerprint density at radius 3 is 2.40 bits per heavy atom. The van der Waals surface area contributed by atoms with Gasteiger partial charge in [0.25, 0.3) is 11.7 Å². The number of ether oxygens (including phenoxy) is 2. The number of aryl methyl sites for hydroxylation is 1. The highest BCUT2D eigenvalue weighted by Crippen LogP contribution is 2.39. The lowest BCUT2D eigenvalue weighted by Crippen LogP contribution is -2.32. The number of halogens is 1. The number of methoxy groups -OCH3 is 1. The number of carbonyl (C=O) groups is 2. The fourth-order valence-electron chi connectivity index (χ4n) is 4.13. The van der Waals surface area contributed by atoms with Gasteiger partial charge in [-0.1, -0.05) is 53.6 Å². The molecule has 0 aromatic heterocycles. The second kappa shape index (κ2) is 10.8. The summed E-state index contributed by atoms with van der Waals surface area (Å²) in [5.41, 5.74) is 3.32. The molecule has 1 atom stereocenters. The van der Waals surface area contributed by atoms with Gasteiger partial charge in [0.2, 0.25) is 0 Å². The topological polar surface area (TPSA) is 76.1 Å². The molecule has 1 unspecified atom stereocenters. The molecule has 3 aromatic carbocycles. The predicted octanol–water partition coefficient (Wildman–Crippen LogP) is 5.30. The van der Waals surface area contributed by atoms with Crippen molar-refractivity contribution >= 4 is 29.1 Å². The molecule has 1 saturated heterocycles. The minimum absolute atomic E-state index is 0.0295. The lowest BCUT2D eigenvalue weighted by molar-refractivity contribution is -0.140. The van der Waals surface area contributed by atoms with E-state index in [9.17, 15) is 14.7 Å². The molecule has 7 heteroatoms. The molecular formula is C28H26ClNO5. The summed E-state index contributed by atoms with van der Waals surface area (Å²) in [4.78, 5) is 27.2. The number of carbonyl (C=O) groups excluding carboxylic acids is 2. The molecular weight excluding hydrogens is 466 g/mol. The largest absolute Gasteiger partial charge is 0.507 e. The van der Waals surface area contributed by atoms with Crippen molar-refractivity contribution in [2.75, 3.05) is 20.3 Å². The van der Waals surface area contributed by atoms with E-state index < -0.39 is 17.7 Å². The van der Waals surface area contributed by atoms with E-state index >= 15 is 0 Å². The summed E-state index contributed by atoms with van der Waals surface area (Å²) >= 11 is 6.04. The molecule has 4 rings (SSSR count). The number of amides is 1. The van der Waals surface area contributed by atoms with Crippen molar-refractivity contribution in [1.29, 1.82) is 0 Å². The fraction of sp³-hybridized carbons (Fsp3) is 0.214. The Balaban J connectivity index is 1.63. The van der Waals surface area contributed by atoms with Gasteiger partial charge in [0.05, 0.1) is 18.2 Å². The SMILES string of the molecule is COCCN1C(=O)C(=O)/C(=C(/O)c2ccc(OCc3cccc(C)c3)cc2)C1c1ccc(Cl)cc1. The van der Waals surface area contributed by atoms with Crippen LogP contribution in [0, 0.1) is 6.92 Å². The molecule has 180 valence electrons. The normalized spacial score (nSPS) is 17.1. The van der Waals surface area contributed by atoms with E-state index in [1.54, 1.807) is 48.5 Å². The van der Waals surface area contributed by atoms with Crippen molar-refractivity contribution in [1.82, 2.24) is 4.90 Å². The van der Waals surface area contributed by atoms with E-state index in [4.69, 9.17) is 21.1 Å². The van der Waals surface area contributed by atoms with Crippen molar-refractivity contribution in [2.45, 2.75) is 19.6 Å². The van der Waals surface area contributed by atoms with Crippen molar-refractivity contribution in [3.05, 3.63) is 106 Å². The van der Waals surface area contributed by atoms with Crippen LogP contribution in [-0.4, -0.2) is 42.0 Å². The van der Waals surface area contributed by atoms with Gasteiger partial charge in [-0.2, -0.15) is 0 Å². The summed E-state index contributed by atoms with van der Waals surface area (Å²) in [5, 5.41) is 11.7. The lowest BCUT2D eigenvalue weighted by atomic mass is 9.95. The fourth-order valence-corrected chi connectivity index (χ4v) is 4.25. The van der Waals surface area contributed by atoms with Gasteiger partial charge in [-0.05, 0) is 54.4 Å². The van der Waals surface area contributed by atoms with E-state index in [1.807, 2.05) is 25.1 Å². The van der Waals surface area contributed by atoms with Gasteiger partial charge in [-0.25, -0.2) is 0 Å². The van der Waals surface area contributed by atoms with Gasteiger partial charge in [-0.15, -0.1) is 0 Å². The number of nitrogens with zero attached hydrogens (tertiary/aromatic N) is 1. The number of rotatable bonds is 8. The summed E-state index contributed by atoms with van der Waals surface area (Å²) in [6, 6.07) is 21.0. The third-order valence-corrected chi connectivity index (χ3v) is 6.13. The van der Waals surface area contributed by atoms with Crippen LogP contribution in [0.15, 0.2) is 78.4 Å². The van der Waals surface area contributed by atoms with Crippen LogP contribution in [0.3, 0.4) is 0 Å². The summed E-state index contributed by atoms with van der Waals surface area (Å²) in [6.07, 6.45) is 0. The molecule has 0 spiro atoms. The predicted molar refractivity (Wildman–Crippen MR) is 134 cm³/mol. The quantitative estimate of drug-likeness (QED) is 0.263. The smallest absolute Gasteiger partial charge is 0.295 e. The Kier molecular flexibility index (Phi) is 7.54. The molecule has 3 aromatic rings. The summed E-state index contributed by atoms with van der Waals surface area (Å²) in [7, 11) is 1.52. The lowest BCUT2D eigenvalue weighted by Gasteiger charge is -2.25. The highest BCUT2D eigenvalue weighted by Gasteiger charge is 2.45. The first-order valence-corrected chi connectivity index (χ1v) is 11.6. The van der Waals surface area contributed by atoms with Crippen molar-refractivity contribution in [3.63, 3.8) is 0 Å². The molecule has 35 heavy (non-hydrogen) atoms. The Bertz CT molecular complexity index is 1250. The summed E-state index contributed by atoms with van der Waals surface area (Å²) < 4.78 is 11.0.